The summed E-state index contributed by atoms with van der Waals surface area (Å²) in [5.41, 5.74) is 1.74. The van der Waals surface area contributed by atoms with Gasteiger partial charge in [-0.2, -0.15) is 13.2 Å². The van der Waals surface area contributed by atoms with E-state index in [2.05, 4.69) is 5.43 Å². The minimum atomic E-state index is -4.76. The van der Waals surface area contributed by atoms with Gasteiger partial charge in [-0.15, -0.1) is 0 Å². The molecule has 168 valence electrons. The predicted octanol–water partition coefficient (Wildman–Crippen LogP) is 4.96. The molecule has 0 radical (unpaired) electrons. The second-order valence-corrected chi connectivity index (χ2v) is 6.64. The van der Waals surface area contributed by atoms with Crippen molar-refractivity contribution in [2.45, 2.75) is 20.0 Å². The summed E-state index contributed by atoms with van der Waals surface area (Å²) in [6.45, 7) is 3.15. The van der Waals surface area contributed by atoms with Crippen LogP contribution in [0.15, 0.2) is 36.4 Å². The third kappa shape index (κ3) is 5.86. The van der Waals surface area contributed by atoms with Gasteiger partial charge in [-0.25, -0.2) is 14.8 Å². The monoisotopic (exact) mass is 462 g/mol. The molecule has 0 aromatic heterocycles. The third-order valence-corrected chi connectivity index (χ3v) is 4.38. The highest BCUT2D eigenvalue weighted by Crippen LogP contribution is 2.38. The Hall–Kier alpha value is -2.85. The summed E-state index contributed by atoms with van der Waals surface area (Å²) in [4.78, 5) is 24.3. The van der Waals surface area contributed by atoms with E-state index in [-0.39, 0.29) is 18.4 Å². The molecule has 31 heavy (non-hydrogen) atoms. The number of ether oxygens (including phenoxy) is 2. The summed E-state index contributed by atoms with van der Waals surface area (Å²) in [6, 6.07) is 6.42. The normalized spacial score (nSPS) is 12.3. The van der Waals surface area contributed by atoms with Crippen molar-refractivity contribution in [2.75, 3.05) is 18.7 Å². The lowest BCUT2D eigenvalue weighted by Crippen LogP contribution is -2.45. The number of esters is 1. The molecule has 0 aliphatic rings. The quantitative estimate of drug-likeness (QED) is 0.273. The van der Waals surface area contributed by atoms with Crippen molar-refractivity contribution in [3.05, 3.63) is 52.8 Å². The highest BCUT2D eigenvalue weighted by molar-refractivity contribution is 6.32. The molecule has 0 aliphatic carbocycles. The van der Waals surface area contributed by atoms with Crippen LogP contribution in [0.25, 0.3) is 0 Å². The highest BCUT2D eigenvalue weighted by Gasteiger charge is 2.33. The number of nitrogens with zero attached hydrogens (tertiary/aromatic N) is 1. The first-order valence-corrected chi connectivity index (χ1v) is 9.39. The molecule has 2 aromatic carbocycles. The molecule has 0 aliphatic heterocycles. The molecule has 1 N–H and O–H groups in total. The van der Waals surface area contributed by atoms with Crippen molar-refractivity contribution in [3.8, 4) is 11.5 Å². The number of anilines is 1. The van der Waals surface area contributed by atoms with Crippen LogP contribution in [0.1, 0.15) is 19.4 Å². The topological polar surface area (TPSA) is 67.9 Å². The van der Waals surface area contributed by atoms with E-state index in [1.165, 1.54) is 38.2 Å². The van der Waals surface area contributed by atoms with Crippen LogP contribution in [0.4, 0.5) is 23.2 Å². The number of carbonyl (C=O) groups is 2. The Labute approximate surface area is 180 Å². The summed E-state index contributed by atoms with van der Waals surface area (Å²) in [6.07, 6.45) is -4.76. The number of rotatable bonds is 7. The fourth-order valence-corrected chi connectivity index (χ4v) is 2.78. The number of hydrogen-bond donors (Lipinski definition) is 1. The molecular formula is C20H19ClF4N2O4. The minimum absolute atomic E-state index is 0.0613. The molecule has 0 saturated carbocycles. The second kappa shape index (κ2) is 9.97. The molecule has 0 spiro atoms. The lowest BCUT2D eigenvalue weighted by Gasteiger charge is -2.24. The Morgan fingerprint density at radius 3 is 2.29 bits per heavy atom. The molecule has 6 nitrogen and oxygen atoms in total. The smallest absolute Gasteiger partial charge is 0.416 e. The first-order valence-electron chi connectivity index (χ1n) is 9.01. The van der Waals surface area contributed by atoms with Crippen molar-refractivity contribution in [2.24, 2.45) is 5.92 Å². The number of alkyl halides is 3. The number of hydrazine groups is 1. The van der Waals surface area contributed by atoms with Gasteiger partial charge in [-0.3, -0.25) is 9.59 Å². The SMILES string of the molecule is CCOC(=O)C(C)C(=O)N(NC)c1ccc(Oc2c(F)cc(C(F)(F)F)cc2Cl)cc1. The number of carbonyl (C=O) groups excluding carboxylic acids is 2. The molecule has 11 heteroatoms. The molecule has 0 fully saturated rings. The van der Waals surface area contributed by atoms with Gasteiger partial charge in [0.1, 0.15) is 11.7 Å². The summed E-state index contributed by atoms with van der Waals surface area (Å²) in [7, 11) is 1.47. The van der Waals surface area contributed by atoms with E-state index < -0.39 is 46.1 Å². The van der Waals surface area contributed by atoms with E-state index in [4.69, 9.17) is 21.1 Å². The first-order chi connectivity index (χ1) is 14.5. The van der Waals surface area contributed by atoms with Gasteiger partial charge in [0.15, 0.2) is 11.6 Å². The van der Waals surface area contributed by atoms with E-state index in [1.54, 1.807) is 6.92 Å². The van der Waals surface area contributed by atoms with Crippen LogP contribution in [0.5, 0.6) is 11.5 Å². The molecule has 1 atom stereocenters. The van der Waals surface area contributed by atoms with Crippen molar-refractivity contribution in [1.82, 2.24) is 5.43 Å². The largest absolute Gasteiger partial charge is 0.465 e. The number of benzene rings is 2. The standard InChI is InChI=1S/C20H19ClF4N2O4/c1-4-30-19(29)11(2)18(28)27(26-3)13-5-7-14(8-6-13)31-17-15(21)9-12(10-16(17)22)20(23,24)25/h5-11,26H,4H2,1-3H3. The summed E-state index contributed by atoms with van der Waals surface area (Å²) in [5.74, 6) is -4.11. The zero-order valence-corrected chi connectivity index (χ0v) is 17.5. The van der Waals surface area contributed by atoms with Gasteiger partial charge >= 0.3 is 12.1 Å². The van der Waals surface area contributed by atoms with Gasteiger partial charge in [0.05, 0.1) is 22.9 Å². The average Bonchev–Trinajstić information content (AvgIpc) is 2.71. The zero-order chi connectivity index (χ0) is 23.3. The Kier molecular flexibility index (Phi) is 7.85. The number of nitrogens with one attached hydrogen (secondary N) is 1. The Bertz CT molecular complexity index is 928. The molecular weight excluding hydrogens is 444 g/mol. The van der Waals surface area contributed by atoms with Crippen LogP contribution < -0.4 is 15.2 Å². The lowest BCUT2D eigenvalue weighted by molar-refractivity contribution is -0.150. The Morgan fingerprint density at radius 1 is 1.19 bits per heavy atom. The second-order valence-electron chi connectivity index (χ2n) is 6.23. The van der Waals surface area contributed by atoms with Crippen molar-refractivity contribution < 1.29 is 36.6 Å². The van der Waals surface area contributed by atoms with E-state index in [0.29, 0.717) is 11.8 Å². The average molecular weight is 463 g/mol. The van der Waals surface area contributed by atoms with Gasteiger partial charge in [0.2, 0.25) is 0 Å². The van der Waals surface area contributed by atoms with Crippen LogP contribution in [0.2, 0.25) is 5.02 Å². The first kappa shape index (κ1) is 24.4. The number of hydrogen-bond acceptors (Lipinski definition) is 5. The van der Waals surface area contributed by atoms with Crippen molar-refractivity contribution >= 4 is 29.2 Å². The Morgan fingerprint density at radius 2 is 1.81 bits per heavy atom. The van der Waals surface area contributed by atoms with Gasteiger partial charge in [-0.1, -0.05) is 11.6 Å². The molecule has 1 unspecified atom stereocenters. The molecule has 0 heterocycles. The fourth-order valence-electron chi connectivity index (χ4n) is 2.53. The predicted molar refractivity (Wildman–Crippen MR) is 105 cm³/mol. The van der Waals surface area contributed by atoms with Gasteiger partial charge in [-0.05, 0) is 50.2 Å². The van der Waals surface area contributed by atoms with Crippen LogP contribution in [0, 0.1) is 11.7 Å². The van der Waals surface area contributed by atoms with E-state index >= 15 is 0 Å². The maximum Gasteiger partial charge on any atom is 0.416 e. The molecule has 2 rings (SSSR count). The molecule has 2 aromatic rings. The zero-order valence-electron chi connectivity index (χ0n) is 16.7. The van der Waals surface area contributed by atoms with E-state index in [0.717, 1.165) is 5.01 Å². The lowest BCUT2D eigenvalue weighted by atomic mass is 10.1. The molecule has 1 amide bonds. The molecule has 0 saturated heterocycles. The van der Waals surface area contributed by atoms with E-state index in [9.17, 15) is 27.2 Å². The minimum Gasteiger partial charge on any atom is -0.465 e. The maximum atomic E-state index is 14.1. The summed E-state index contributed by atoms with van der Waals surface area (Å²) < 4.78 is 62.5. The van der Waals surface area contributed by atoms with Crippen LogP contribution in [-0.4, -0.2) is 25.5 Å². The fraction of sp³-hybridized carbons (Fsp3) is 0.300. The number of amides is 1. The third-order valence-electron chi connectivity index (χ3n) is 4.10. The summed E-state index contributed by atoms with van der Waals surface area (Å²) in [5, 5.41) is 0.559. The highest BCUT2D eigenvalue weighted by atomic mass is 35.5. The molecule has 0 bridgehead atoms. The van der Waals surface area contributed by atoms with Crippen LogP contribution in [-0.2, 0) is 20.5 Å². The van der Waals surface area contributed by atoms with Gasteiger partial charge < -0.3 is 9.47 Å². The van der Waals surface area contributed by atoms with Crippen molar-refractivity contribution in [3.63, 3.8) is 0 Å². The van der Waals surface area contributed by atoms with Gasteiger partial charge in [0, 0.05) is 7.05 Å². The van der Waals surface area contributed by atoms with Gasteiger partial charge in [0.25, 0.3) is 5.91 Å². The summed E-state index contributed by atoms with van der Waals surface area (Å²) >= 11 is 5.75. The van der Waals surface area contributed by atoms with Crippen molar-refractivity contribution in [1.29, 1.82) is 0 Å². The number of halogens is 5. The van der Waals surface area contributed by atoms with Crippen LogP contribution in [0.3, 0.4) is 0 Å². The van der Waals surface area contributed by atoms with Crippen LogP contribution >= 0.6 is 11.6 Å². The van der Waals surface area contributed by atoms with E-state index in [1.807, 2.05) is 0 Å². The maximum absolute atomic E-state index is 14.1. The Balaban J connectivity index is 2.22.